The van der Waals surface area contributed by atoms with Crippen molar-refractivity contribution >= 4 is 11.6 Å². The maximum absolute atomic E-state index is 6.51. The second-order valence-electron chi connectivity index (χ2n) is 5.12. The fourth-order valence-corrected chi connectivity index (χ4v) is 2.75. The minimum atomic E-state index is 0.206. The average molecular weight is 253 g/mol. The highest BCUT2D eigenvalue weighted by molar-refractivity contribution is 6.20. The zero-order valence-corrected chi connectivity index (χ0v) is 11.5. The Balaban J connectivity index is 1.96. The number of aryl methyl sites for hydroxylation is 2. The van der Waals surface area contributed by atoms with Gasteiger partial charge < -0.3 is 4.74 Å². The third-order valence-electron chi connectivity index (χ3n) is 3.71. The Morgan fingerprint density at radius 1 is 1.35 bits per heavy atom. The van der Waals surface area contributed by atoms with Crippen molar-refractivity contribution in [3.63, 3.8) is 0 Å². The van der Waals surface area contributed by atoms with Crippen LogP contribution in [0.5, 0.6) is 0 Å². The summed E-state index contributed by atoms with van der Waals surface area (Å²) in [4.78, 5) is 0. The van der Waals surface area contributed by atoms with E-state index in [0.29, 0.717) is 5.92 Å². The van der Waals surface area contributed by atoms with Gasteiger partial charge in [-0.15, -0.1) is 11.6 Å². The first-order valence-corrected chi connectivity index (χ1v) is 6.88. The maximum atomic E-state index is 6.51. The summed E-state index contributed by atoms with van der Waals surface area (Å²) in [6, 6.07) is 6.64. The molecule has 1 aliphatic rings. The third kappa shape index (κ3) is 3.46. The first kappa shape index (κ1) is 12.9. The fraction of sp³-hybridized carbons (Fsp3) is 0.600. The van der Waals surface area contributed by atoms with Gasteiger partial charge in [-0.25, -0.2) is 0 Å². The number of benzene rings is 1. The summed E-state index contributed by atoms with van der Waals surface area (Å²) >= 11 is 6.51. The average Bonchev–Trinajstić information content (AvgIpc) is 2.35. The molecule has 1 saturated heterocycles. The Kier molecular flexibility index (Phi) is 4.47. The summed E-state index contributed by atoms with van der Waals surface area (Å²) in [5, 5.41) is 0.206. The van der Waals surface area contributed by atoms with Crippen molar-refractivity contribution in [2.75, 3.05) is 13.2 Å². The highest BCUT2D eigenvalue weighted by Gasteiger charge is 2.22. The third-order valence-corrected chi connectivity index (χ3v) is 4.22. The first-order valence-electron chi connectivity index (χ1n) is 6.45. The molecule has 2 rings (SSSR count). The Labute approximate surface area is 109 Å². The van der Waals surface area contributed by atoms with E-state index >= 15 is 0 Å². The van der Waals surface area contributed by atoms with Gasteiger partial charge >= 0.3 is 0 Å². The van der Waals surface area contributed by atoms with Crippen LogP contribution in [0, 0.1) is 19.8 Å². The van der Waals surface area contributed by atoms with Crippen LogP contribution in [0.4, 0.5) is 0 Å². The number of hydrogen-bond acceptors (Lipinski definition) is 1. The molecule has 0 aliphatic carbocycles. The van der Waals surface area contributed by atoms with E-state index in [1.165, 1.54) is 23.1 Å². The van der Waals surface area contributed by atoms with Crippen LogP contribution in [0.3, 0.4) is 0 Å². The molecule has 2 unspecified atom stereocenters. The SMILES string of the molecule is Cc1ccc(CC(Cl)C2CCCOC2)cc1C. The molecule has 17 heavy (non-hydrogen) atoms. The van der Waals surface area contributed by atoms with E-state index in [-0.39, 0.29) is 5.38 Å². The Bertz CT molecular complexity index is 369. The van der Waals surface area contributed by atoms with E-state index in [1.54, 1.807) is 0 Å². The molecule has 0 radical (unpaired) electrons. The molecular formula is C15H21ClO. The molecule has 2 heteroatoms. The van der Waals surface area contributed by atoms with Gasteiger partial charge in [0.05, 0.1) is 6.61 Å². The van der Waals surface area contributed by atoms with E-state index in [1.807, 2.05) is 0 Å². The lowest BCUT2D eigenvalue weighted by Gasteiger charge is -2.26. The largest absolute Gasteiger partial charge is 0.381 e. The molecule has 94 valence electrons. The molecule has 0 N–H and O–H groups in total. The normalized spacial score (nSPS) is 22.4. The van der Waals surface area contributed by atoms with E-state index in [9.17, 15) is 0 Å². The zero-order valence-electron chi connectivity index (χ0n) is 10.7. The van der Waals surface area contributed by atoms with Crippen molar-refractivity contribution in [2.45, 2.75) is 38.5 Å². The van der Waals surface area contributed by atoms with E-state index in [4.69, 9.17) is 16.3 Å². The van der Waals surface area contributed by atoms with Crippen molar-refractivity contribution < 1.29 is 4.74 Å². The van der Waals surface area contributed by atoms with Gasteiger partial charge in [-0.1, -0.05) is 18.2 Å². The monoisotopic (exact) mass is 252 g/mol. The summed E-state index contributed by atoms with van der Waals surface area (Å²) in [5.41, 5.74) is 4.05. The van der Waals surface area contributed by atoms with E-state index in [0.717, 1.165) is 26.1 Å². The second kappa shape index (κ2) is 5.88. The van der Waals surface area contributed by atoms with Gasteiger partial charge in [0.15, 0.2) is 0 Å². The lowest BCUT2D eigenvalue weighted by atomic mass is 9.93. The number of hydrogen-bond donors (Lipinski definition) is 0. The Morgan fingerprint density at radius 3 is 2.82 bits per heavy atom. The molecule has 1 aromatic carbocycles. The minimum absolute atomic E-state index is 0.206. The molecule has 2 atom stereocenters. The number of halogens is 1. The standard InChI is InChI=1S/C15H21ClO/c1-11-5-6-13(8-12(11)2)9-15(16)14-4-3-7-17-10-14/h5-6,8,14-15H,3-4,7,9-10H2,1-2H3. The van der Waals surface area contributed by atoms with Crippen molar-refractivity contribution in [3.8, 4) is 0 Å². The topological polar surface area (TPSA) is 9.23 Å². The Hall–Kier alpha value is -0.530. The van der Waals surface area contributed by atoms with Crippen LogP contribution in [0.15, 0.2) is 18.2 Å². The van der Waals surface area contributed by atoms with Gasteiger partial charge in [0.1, 0.15) is 0 Å². The van der Waals surface area contributed by atoms with Gasteiger partial charge in [0.2, 0.25) is 0 Å². The van der Waals surface area contributed by atoms with E-state index in [2.05, 4.69) is 32.0 Å². The Morgan fingerprint density at radius 2 is 2.18 bits per heavy atom. The summed E-state index contributed by atoms with van der Waals surface area (Å²) in [6.07, 6.45) is 3.32. The molecular weight excluding hydrogens is 232 g/mol. The molecule has 0 spiro atoms. The van der Waals surface area contributed by atoms with Crippen molar-refractivity contribution in [2.24, 2.45) is 5.92 Å². The number of ether oxygens (including phenoxy) is 1. The number of rotatable bonds is 3. The molecule has 1 aromatic rings. The fourth-order valence-electron chi connectivity index (χ4n) is 2.37. The van der Waals surface area contributed by atoms with Gasteiger partial charge in [0.25, 0.3) is 0 Å². The van der Waals surface area contributed by atoms with Crippen molar-refractivity contribution in [1.29, 1.82) is 0 Å². The van der Waals surface area contributed by atoms with Crippen LogP contribution >= 0.6 is 11.6 Å². The summed E-state index contributed by atoms with van der Waals surface area (Å²) in [6.45, 7) is 6.04. The predicted octanol–water partition coefficient (Wildman–Crippen LogP) is 3.88. The highest BCUT2D eigenvalue weighted by atomic mass is 35.5. The summed E-state index contributed by atoms with van der Waals surface area (Å²) in [5.74, 6) is 0.520. The van der Waals surface area contributed by atoms with Crippen molar-refractivity contribution in [1.82, 2.24) is 0 Å². The van der Waals surface area contributed by atoms with Crippen LogP contribution in [-0.4, -0.2) is 18.6 Å². The zero-order chi connectivity index (χ0) is 12.3. The second-order valence-corrected chi connectivity index (χ2v) is 5.68. The molecule has 1 aliphatic heterocycles. The van der Waals surface area contributed by atoms with Crippen LogP contribution in [0.1, 0.15) is 29.5 Å². The minimum Gasteiger partial charge on any atom is -0.381 e. The van der Waals surface area contributed by atoms with Crippen LogP contribution in [0.2, 0.25) is 0 Å². The molecule has 0 amide bonds. The number of alkyl halides is 1. The van der Waals surface area contributed by atoms with Crippen LogP contribution < -0.4 is 0 Å². The molecule has 0 saturated carbocycles. The molecule has 0 aromatic heterocycles. The lowest BCUT2D eigenvalue weighted by molar-refractivity contribution is 0.0533. The van der Waals surface area contributed by atoms with Gasteiger partial charge in [-0.3, -0.25) is 0 Å². The summed E-state index contributed by atoms with van der Waals surface area (Å²) < 4.78 is 5.50. The van der Waals surface area contributed by atoms with Crippen molar-refractivity contribution in [3.05, 3.63) is 34.9 Å². The molecule has 1 heterocycles. The molecule has 1 fully saturated rings. The van der Waals surface area contributed by atoms with E-state index < -0.39 is 0 Å². The predicted molar refractivity (Wildman–Crippen MR) is 72.8 cm³/mol. The summed E-state index contributed by atoms with van der Waals surface area (Å²) in [7, 11) is 0. The van der Waals surface area contributed by atoms with Crippen LogP contribution in [0.25, 0.3) is 0 Å². The quantitative estimate of drug-likeness (QED) is 0.742. The maximum Gasteiger partial charge on any atom is 0.0508 e. The van der Waals surface area contributed by atoms with Gasteiger partial charge in [0, 0.05) is 12.0 Å². The molecule has 0 bridgehead atoms. The first-order chi connectivity index (χ1) is 8.16. The highest BCUT2D eigenvalue weighted by Crippen LogP contribution is 2.25. The lowest BCUT2D eigenvalue weighted by Crippen LogP contribution is -2.27. The van der Waals surface area contributed by atoms with Crippen LogP contribution in [-0.2, 0) is 11.2 Å². The van der Waals surface area contributed by atoms with Gasteiger partial charge in [-0.05, 0) is 55.7 Å². The van der Waals surface area contributed by atoms with Gasteiger partial charge in [-0.2, -0.15) is 0 Å². The smallest absolute Gasteiger partial charge is 0.0508 e. The molecule has 1 nitrogen and oxygen atoms in total.